The molecule has 0 spiro atoms. The van der Waals surface area contributed by atoms with Crippen LogP contribution < -0.4 is 16.6 Å². The number of H-pyrrole nitrogens is 1. The van der Waals surface area contributed by atoms with Crippen molar-refractivity contribution in [3.8, 4) is 0 Å². The average molecular weight is 393 g/mol. The van der Waals surface area contributed by atoms with Crippen LogP contribution in [0.4, 0.5) is 4.79 Å². The molecule has 1 amide bonds. The highest BCUT2D eigenvalue weighted by atomic mass is 16.4. The first-order valence-corrected chi connectivity index (χ1v) is 10.5. The number of hydrogen-bond donors (Lipinski definition) is 3. The third-order valence-corrected chi connectivity index (χ3v) is 6.50. The number of carboxylic acid groups (broad SMARTS) is 1. The van der Waals surface area contributed by atoms with Crippen LogP contribution in [0.1, 0.15) is 64.3 Å². The highest BCUT2D eigenvalue weighted by Gasteiger charge is 2.29. The number of hydrogen-bond acceptors (Lipinski definition) is 4. The first-order valence-electron chi connectivity index (χ1n) is 10.5. The molecule has 156 valence electrons. The molecule has 0 aliphatic heterocycles. The Hall–Kier alpha value is -2.09. The number of nitrogens with one attached hydrogen (secondary N) is 2. The van der Waals surface area contributed by atoms with Gasteiger partial charge in [-0.25, -0.2) is 9.59 Å². The van der Waals surface area contributed by atoms with Crippen molar-refractivity contribution in [3.63, 3.8) is 0 Å². The molecule has 0 radical (unpaired) electrons. The van der Waals surface area contributed by atoms with Gasteiger partial charge in [-0.3, -0.25) is 14.3 Å². The van der Waals surface area contributed by atoms with E-state index in [1.165, 1.54) is 6.07 Å². The predicted molar refractivity (Wildman–Crippen MR) is 107 cm³/mol. The normalized spacial score (nSPS) is 28.2. The van der Waals surface area contributed by atoms with E-state index >= 15 is 0 Å². The van der Waals surface area contributed by atoms with Crippen molar-refractivity contribution in [1.82, 2.24) is 19.8 Å². The van der Waals surface area contributed by atoms with Gasteiger partial charge in [-0.05, 0) is 63.8 Å². The van der Waals surface area contributed by atoms with Gasteiger partial charge < -0.3 is 15.3 Å². The fourth-order valence-electron chi connectivity index (χ4n) is 4.95. The van der Waals surface area contributed by atoms with Crippen molar-refractivity contribution in [3.05, 3.63) is 33.1 Å². The van der Waals surface area contributed by atoms with Crippen LogP contribution in [0.5, 0.6) is 0 Å². The van der Waals surface area contributed by atoms with E-state index < -0.39 is 6.09 Å². The number of rotatable bonds is 6. The molecule has 2 fully saturated rings. The van der Waals surface area contributed by atoms with Gasteiger partial charge in [-0.1, -0.05) is 6.92 Å². The van der Waals surface area contributed by atoms with Gasteiger partial charge in [0.15, 0.2) is 0 Å². The second kappa shape index (κ2) is 9.41. The van der Waals surface area contributed by atoms with Crippen LogP contribution in [0.15, 0.2) is 21.9 Å². The molecule has 1 aromatic heterocycles. The van der Waals surface area contributed by atoms with Crippen LogP contribution in [-0.4, -0.2) is 50.8 Å². The fraction of sp³-hybridized carbons (Fsp3) is 0.750. The number of carbonyl (C=O) groups is 1. The third-order valence-electron chi connectivity index (χ3n) is 6.50. The molecule has 1 heterocycles. The van der Waals surface area contributed by atoms with Crippen molar-refractivity contribution in [2.45, 2.75) is 76.4 Å². The lowest BCUT2D eigenvalue weighted by Gasteiger charge is -2.39. The summed E-state index contributed by atoms with van der Waals surface area (Å²) in [5.74, 6) is 0.629. The smallest absolute Gasteiger partial charge is 0.404 e. The van der Waals surface area contributed by atoms with Gasteiger partial charge in [-0.15, -0.1) is 0 Å². The first kappa shape index (κ1) is 20.6. The van der Waals surface area contributed by atoms with Gasteiger partial charge >= 0.3 is 11.8 Å². The molecule has 3 N–H and O–H groups in total. The molecule has 8 nitrogen and oxygen atoms in total. The summed E-state index contributed by atoms with van der Waals surface area (Å²) in [5.41, 5.74) is -0.653. The Balaban J connectivity index is 1.48. The molecular formula is C20H32N4O4. The van der Waals surface area contributed by atoms with Crippen LogP contribution in [0.2, 0.25) is 0 Å². The second-order valence-electron chi connectivity index (χ2n) is 8.23. The molecule has 0 atom stereocenters. The summed E-state index contributed by atoms with van der Waals surface area (Å²) >= 11 is 0. The maximum absolute atomic E-state index is 12.0. The Labute approximate surface area is 164 Å². The molecule has 0 saturated heterocycles. The molecule has 0 unspecified atom stereocenters. The van der Waals surface area contributed by atoms with Gasteiger partial charge in [0.25, 0.3) is 5.56 Å². The second-order valence-corrected chi connectivity index (χ2v) is 8.23. The third kappa shape index (κ3) is 5.25. The van der Waals surface area contributed by atoms with E-state index in [0.29, 0.717) is 12.0 Å². The van der Waals surface area contributed by atoms with Crippen LogP contribution in [0.3, 0.4) is 0 Å². The van der Waals surface area contributed by atoms with Gasteiger partial charge in [0.1, 0.15) is 0 Å². The molecular weight excluding hydrogens is 360 g/mol. The summed E-state index contributed by atoms with van der Waals surface area (Å²) in [4.78, 5) is 39.0. The molecule has 0 aromatic carbocycles. The monoisotopic (exact) mass is 392 g/mol. The number of aromatic amines is 1. The van der Waals surface area contributed by atoms with Gasteiger partial charge in [0.05, 0.1) is 0 Å². The predicted octanol–water partition coefficient (Wildman–Crippen LogP) is 2.17. The number of aromatic nitrogens is 2. The number of nitrogens with zero attached hydrogens (tertiary/aromatic N) is 2. The van der Waals surface area contributed by atoms with Crippen LogP contribution in [0.25, 0.3) is 0 Å². The average Bonchev–Trinajstić information content (AvgIpc) is 2.67. The Kier molecular flexibility index (Phi) is 6.93. The molecule has 8 heteroatoms. The molecule has 1 aromatic rings. The summed E-state index contributed by atoms with van der Waals surface area (Å²) in [6.07, 6.45) is 8.70. The summed E-state index contributed by atoms with van der Waals surface area (Å²) < 4.78 is 1.67. The SMILES string of the molecule is CCN(CC1CCC(n2ccc(=O)[nH]c2=O)CC1)C1CCC(NC(=O)O)CC1. The lowest BCUT2D eigenvalue weighted by Crippen LogP contribution is -2.45. The molecule has 0 bridgehead atoms. The van der Waals surface area contributed by atoms with Crippen molar-refractivity contribution >= 4 is 6.09 Å². The molecule has 2 aliphatic carbocycles. The van der Waals surface area contributed by atoms with Gasteiger partial charge in [0.2, 0.25) is 0 Å². The molecule has 2 saturated carbocycles. The topological polar surface area (TPSA) is 107 Å². The van der Waals surface area contributed by atoms with E-state index in [1.807, 2.05) is 0 Å². The quantitative estimate of drug-likeness (QED) is 0.688. The Morgan fingerprint density at radius 1 is 1.18 bits per heavy atom. The lowest BCUT2D eigenvalue weighted by atomic mass is 9.84. The van der Waals surface area contributed by atoms with E-state index in [2.05, 4.69) is 22.1 Å². The minimum absolute atomic E-state index is 0.0959. The largest absolute Gasteiger partial charge is 0.465 e. The van der Waals surface area contributed by atoms with E-state index in [1.54, 1.807) is 10.8 Å². The minimum atomic E-state index is -0.922. The maximum atomic E-state index is 12.0. The van der Waals surface area contributed by atoms with E-state index in [4.69, 9.17) is 5.11 Å². The molecule has 3 rings (SSSR count). The zero-order valence-corrected chi connectivity index (χ0v) is 16.6. The van der Waals surface area contributed by atoms with E-state index in [0.717, 1.165) is 64.5 Å². The van der Waals surface area contributed by atoms with Gasteiger partial charge in [-0.2, -0.15) is 0 Å². The summed E-state index contributed by atoms with van der Waals surface area (Å²) in [5, 5.41) is 11.5. The van der Waals surface area contributed by atoms with Crippen molar-refractivity contribution in [1.29, 1.82) is 0 Å². The van der Waals surface area contributed by atoms with E-state index in [-0.39, 0.29) is 23.3 Å². The Morgan fingerprint density at radius 3 is 2.43 bits per heavy atom. The Morgan fingerprint density at radius 2 is 1.86 bits per heavy atom. The molecule has 2 aliphatic rings. The highest BCUT2D eigenvalue weighted by molar-refractivity contribution is 5.64. The van der Waals surface area contributed by atoms with Gasteiger partial charge in [0, 0.05) is 36.9 Å². The fourth-order valence-corrected chi connectivity index (χ4v) is 4.95. The van der Waals surface area contributed by atoms with Crippen molar-refractivity contribution in [2.75, 3.05) is 13.1 Å². The van der Waals surface area contributed by atoms with Crippen LogP contribution in [0, 0.1) is 5.92 Å². The standard InChI is InChI=1S/C20H32N4O4/c1-2-23(16-9-5-15(6-10-16)21-20(27)28)13-14-3-7-17(8-4-14)24-12-11-18(25)22-19(24)26/h11-12,14-17,21H,2-10,13H2,1H3,(H,27,28)(H,22,25,26). The summed E-state index contributed by atoms with van der Waals surface area (Å²) in [7, 11) is 0. The van der Waals surface area contributed by atoms with Crippen molar-refractivity contribution < 1.29 is 9.90 Å². The Bertz CT molecular complexity index is 758. The van der Waals surface area contributed by atoms with Crippen LogP contribution >= 0.6 is 0 Å². The first-order chi connectivity index (χ1) is 13.5. The lowest BCUT2D eigenvalue weighted by molar-refractivity contribution is 0.110. The minimum Gasteiger partial charge on any atom is -0.465 e. The van der Waals surface area contributed by atoms with E-state index in [9.17, 15) is 14.4 Å². The highest BCUT2D eigenvalue weighted by Crippen LogP contribution is 2.33. The molecule has 28 heavy (non-hydrogen) atoms. The number of amides is 1. The van der Waals surface area contributed by atoms with Crippen molar-refractivity contribution in [2.24, 2.45) is 5.92 Å². The summed E-state index contributed by atoms with van der Waals surface area (Å²) in [6.45, 7) is 4.29. The zero-order valence-electron chi connectivity index (χ0n) is 16.6. The summed E-state index contributed by atoms with van der Waals surface area (Å²) in [6, 6.07) is 2.23. The van der Waals surface area contributed by atoms with Crippen LogP contribution in [-0.2, 0) is 0 Å². The zero-order chi connectivity index (χ0) is 20.1. The maximum Gasteiger partial charge on any atom is 0.404 e.